The minimum absolute atomic E-state index is 0.0278. The van der Waals surface area contributed by atoms with Crippen LogP contribution in [0.1, 0.15) is 6.92 Å². The van der Waals surface area contributed by atoms with Crippen molar-refractivity contribution in [2.75, 3.05) is 7.11 Å². The lowest BCUT2D eigenvalue weighted by atomic mass is 10.2. The van der Waals surface area contributed by atoms with E-state index in [1.807, 2.05) is 13.0 Å². The van der Waals surface area contributed by atoms with Crippen molar-refractivity contribution in [3.63, 3.8) is 0 Å². The van der Waals surface area contributed by atoms with Crippen LogP contribution in [0.5, 0.6) is 0 Å². The van der Waals surface area contributed by atoms with Crippen LogP contribution in [0.25, 0.3) is 0 Å². The first-order valence-electron chi connectivity index (χ1n) is 3.22. The number of allylic oxidation sites excluding steroid dienone is 1. The quantitative estimate of drug-likeness (QED) is 0.514. The normalized spacial score (nSPS) is 31.7. The summed E-state index contributed by atoms with van der Waals surface area (Å²) in [5.41, 5.74) is 0. The van der Waals surface area contributed by atoms with Crippen LogP contribution in [-0.2, 0) is 4.74 Å². The minimum Gasteiger partial charge on any atom is -0.629 e. The third kappa shape index (κ3) is 1.37. The van der Waals surface area contributed by atoms with Gasteiger partial charge >= 0.3 is 0 Å². The fraction of sp³-hybridized carbons (Fsp3) is 0.429. The monoisotopic (exact) mass is 141 g/mol. The van der Waals surface area contributed by atoms with Gasteiger partial charge in [-0.25, -0.2) is 0 Å². The van der Waals surface area contributed by atoms with E-state index in [1.54, 1.807) is 19.4 Å². The van der Waals surface area contributed by atoms with Gasteiger partial charge in [0.05, 0.1) is 13.3 Å². The zero-order chi connectivity index (χ0) is 7.56. The first-order valence-corrected chi connectivity index (χ1v) is 3.22. The largest absolute Gasteiger partial charge is 0.629 e. The van der Waals surface area contributed by atoms with Crippen LogP contribution in [0.2, 0.25) is 0 Å². The molecule has 2 atom stereocenters. The second kappa shape index (κ2) is 2.86. The Morgan fingerprint density at radius 2 is 2.40 bits per heavy atom. The maximum atomic E-state index is 10.9. The van der Waals surface area contributed by atoms with Crippen LogP contribution in [0.15, 0.2) is 24.1 Å². The van der Waals surface area contributed by atoms with Crippen molar-refractivity contribution < 1.29 is 9.80 Å². The molecule has 0 saturated carbocycles. The third-order valence-corrected chi connectivity index (χ3v) is 1.51. The van der Waals surface area contributed by atoms with Crippen LogP contribution >= 0.6 is 0 Å². The van der Waals surface area contributed by atoms with Crippen LogP contribution in [0.4, 0.5) is 0 Å². The fourth-order valence-electron chi connectivity index (χ4n) is 0.836. The molecule has 56 valence electrons. The molecule has 2 unspecified atom stereocenters. The van der Waals surface area contributed by atoms with Crippen molar-refractivity contribution in [3.8, 4) is 0 Å². The molecule has 10 heavy (non-hydrogen) atoms. The lowest BCUT2D eigenvalue weighted by Crippen LogP contribution is -3.06. The maximum Gasteiger partial charge on any atom is 0.126 e. The van der Waals surface area contributed by atoms with Crippen molar-refractivity contribution in [2.24, 2.45) is 0 Å². The van der Waals surface area contributed by atoms with Gasteiger partial charge in [-0.15, -0.1) is 0 Å². The van der Waals surface area contributed by atoms with Crippen molar-refractivity contribution in [1.29, 1.82) is 0 Å². The zero-order valence-electron chi connectivity index (χ0n) is 6.13. The van der Waals surface area contributed by atoms with Gasteiger partial charge in [0.1, 0.15) is 11.8 Å². The molecule has 0 fully saturated rings. The summed E-state index contributed by atoms with van der Waals surface area (Å²) < 4.78 is 4.93. The summed E-state index contributed by atoms with van der Waals surface area (Å²) in [6.45, 7) is 1.85. The average Bonchev–Trinajstić information content (AvgIpc) is 1.95. The molecule has 3 nitrogen and oxygen atoms in total. The minimum atomic E-state index is -0.0278. The molecule has 0 bridgehead atoms. The molecular formula is C7H11NO2. The van der Waals surface area contributed by atoms with E-state index >= 15 is 0 Å². The predicted octanol–water partition coefficient (Wildman–Crippen LogP) is -0.185. The SMILES string of the molecule is COC1=CC(C)[NH+]([O-])C=C1. The number of quaternary nitrogens is 1. The van der Waals surface area contributed by atoms with Gasteiger partial charge in [0.2, 0.25) is 0 Å². The Balaban J connectivity index is 2.66. The number of nitrogens with one attached hydrogen (secondary N) is 1. The molecule has 0 spiro atoms. The molecule has 1 N–H and O–H groups in total. The van der Waals surface area contributed by atoms with Gasteiger partial charge in [0, 0.05) is 12.2 Å². The van der Waals surface area contributed by atoms with E-state index in [2.05, 4.69) is 0 Å². The highest BCUT2D eigenvalue weighted by molar-refractivity contribution is 5.14. The van der Waals surface area contributed by atoms with Gasteiger partial charge in [-0.3, -0.25) is 0 Å². The number of hydrogen-bond donors (Lipinski definition) is 1. The van der Waals surface area contributed by atoms with E-state index in [0.29, 0.717) is 0 Å². The van der Waals surface area contributed by atoms with Crippen molar-refractivity contribution in [3.05, 3.63) is 29.3 Å². The Hall–Kier alpha value is -0.800. The summed E-state index contributed by atoms with van der Waals surface area (Å²) in [4.78, 5) is 0. The molecule has 0 aromatic carbocycles. The predicted molar refractivity (Wildman–Crippen MR) is 38.0 cm³/mol. The highest BCUT2D eigenvalue weighted by atomic mass is 16.5. The van der Waals surface area contributed by atoms with Crippen molar-refractivity contribution in [1.82, 2.24) is 0 Å². The second-order valence-corrected chi connectivity index (χ2v) is 2.30. The highest BCUT2D eigenvalue weighted by Crippen LogP contribution is 2.00. The Morgan fingerprint density at radius 3 is 2.90 bits per heavy atom. The third-order valence-electron chi connectivity index (χ3n) is 1.51. The van der Waals surface area contributed by atoms with E-state index < -0.39 is 0 Å². The summed E-state index contributed by atoms with van der Waals surface area (Å²) in [6.07, 6.45) is 5.04. The Kier molecular flexibility index (Phi) is 2.09. The fourth-order valence-corrected chi connectivity index (χ4v) is 0.836. The first kappa shape index (κ1) is 7.31. The lowest BCUT2D eigenvalue weighted by Gasteiger charge is -2.25. The van der Waals surface area contributed by atoms with E-state index in [1.165, 1.54) is 0 Å². The molecule has 3 heteroatoms. The number of hydrogen-bond acceptors (Lipinski definition) is 2. The van der Waals surface area contributed by atoms with Crippen LogP contribution in [0.3, 0.4) is 0 Å². The summed E-state index contributed by atoms with van der Waals surface area (Å²) in [6, 6.07) is -0.0278. The molecule has 0 amide bonds. The number of methoxy groups -OCH3 is 1. The number of rotatable bonds is 1. The Labute approximate surface area is 60.2 Å². The molecule has 0 aliphatic carbocycles. The van der Waals surface area contributed by atoms with Crippen molar-refractivity contribution >= 4 is 0 Å². The average molecular weight is 141 g/mol. The molecule has 1 aliphatic heterocycles. The topological polar surface area (TPSA) is 36.7 Å². The molecule has 0 aromatic rings. The molecular weight excluding hydrogens is 130 g/mol. The van der Waals surface area contributed by atoms with Gasteiger partial charge in [-0.2, -0.15) is 0 Å². The smallest absolute Gasteiger partial charge is 0.126 e. The van der Waals surface area contributed by atoms with E-state index in [0.717, 1.165) is 5.76 Å². The van der Waals surface area contributed by atoms with Gasteiger partial charge in [-0.05, 0) is 6.92 Å². The van der Waals surface area contributed by atoms with E-state index in [4.69, 9.17) is 4.74 Å². The Morgan fingerprint density at radius 1 is 1.70 bits per heavy atom. The number of hydroxylamine groups is 2. The summed E-state index contributed by atoms with van der Waals surface area (Å²) in [7, 11) is 1.60. The standard InChI is InChI=1S/C7H11NO2/c1-6-5-7(10-2)3-4-8(6)9/h3-6,8H,1-2H3. The lowest BCUT2D eigenvalue weighted by molar-refractivity contribution is -0.811. The summed E-state index contributed by atoms with van der Waals surface area (Å²) in [5.74, 6) is 0.770. The molecule has 0 saturated heterocycles. The molecule has 1 rings (SSSR count). The second-order valence-electron chi connectivity index (χ2n) is 2.30. The molecule has 0 radical (unpaired) electrons. The van der Waals surface area contributed by atoms with E-state index in [9.17, 15) is 5.21 Å². The summed E-state index contributed by atoms with van der Waals surface area (Å²) >= 11 is 0. The molecule has 1 heterocycles. The number of ether oxygens (including phenoxy) is 1. The van der Waals surface area contributed by atoms with Gasteiger partial charge in [0.15, 0.2) is 0 Å². The molecule has 0 aromatic heterocycles. The maximum absolute atomic E-state index is 10.9. The zero-order valence-corrected chi connectivity index (χ0v) is 6.13. The highest BCUT2D eigenvalue weighted by Gasteiger charge is 2.09. The van der Waals surface area contributed by atoms with Gasteiger partial charge in [-0.1, -0.05) is 0 Å². The summed E-state index contributed by atoms with van der Waals surface area (Å²) in [5, 5.41) is 11.0. The van der Waals surface area contributed by atoms with Crippen molar-refractivity contribution in [2.45, 2.75) is 13.0 Å². The van der Waals surface area contributed by atoms with Crippen LogP contribution < -0.4 is 5.06 Å². The van der Waals surface area contributed by atoms with E-state index in [-0.39, 0.29) is 11.1 Å². The first-order chi connectivity index (χ1) is 4.74. The van der Waals surface area contributed by atoms with Crippen LogP contribution in [-0.4, -0.2) is 13.2 Å². The molecule has 1 aliphatic rings. The Bertz CT molecular complexity index is 174. The van der Waals surface area contributed by atoms with Crippen LogP contribution in [0, 0.1) is 5.21 Å². The van der Waals surface area contributed by atoms with Gasteiger partial charge < -0.3 is 15.0 Å². The van der Waals surface area contributed by atoms with Gasteiger partial charge in [0.25, 0.3) is 0 Å².